The number of hydrogen-bond acceptors (Lipinski definition) is 9. The number of hydrogen-bond donors (Lipinski definition) is 2. The molecule has 2 N–H and O–H groups in total. The summed E-state index contributed by atoms with van der Waals surface area (Å²) in [6, 6.07) is 0. The molecule has 258 valence electrons. The largest absolute Gasteiger partial charge is 1.00 e. The molecule has 0 bridgehead atoms. The molecule has 0 aromatic carbocycles. The maximum atomic E-state index is 12.9. The van der Waals surface area contributed by atoms with Crippen LogP contribution in [0.15, 0.2) is 11.5 Å². The molecule has 47 heavy (non-hydrogen) atoms. The van der Waals surface area contributed by atoms with Gasteiger partial charge in [0.1, 0.15) is 11.9 Å². The molecule has 0 aromatic heterocycles. The average molecular weight is 699 g/mol. The van der Waals surface area contributed by atoms with E-state index in [1.165, 1.54) is 51.4 Å². The van der Waals surface area contributed by atoms with Crippen LogP contribution in [-0.4, -0.2) is 41.1 Å². The summed E-state index contributed by atoms with van der Waals surface area (Å²) in [6.45, 7) is 13.8. The number of phosphoric ester groups is 1. The normalized spacial score (nSPS) is 39.7. The second-order valence-electron chi connectivity index (χ2n) is 16.2. The van der Waals surface area contributed by atoms with Gasteiger partial charge >= 0.3 is 72.9 Å². The Bertz CT molecular complexity index is 1170. The molecular weight excluding hydrogens is 641 g/mol. The SMILES string of the molecule is CC[C@H](CC[C@@H](C)[C@H]1CC[C@H]2[C@@H]3CC[C@H]4C[C@@H](OP(=O)([O-])OC5=C([O-])C(=O)O[C@@H]5[C@@H](O)CO)CC[C@]4(C)[C@H]3CC[C@]12C)C(C)C.[Na+].[Na+]. The van der Waals surface area contributed by atoms with Gasteiger partial charge in [-0.3, -0.25) is 4.57 Å². The Morgan fingerprint density at radius 3 is 2.30 bits per heavy atom. The number of fused-ring (bicyclic) bond motifs is 5. The maximum Gasteiger partial charge on any atom is 1.00 e. The summed E-state index contributed by atoms with van der Waals surface area (Å²) < 4.78 is 28.1. The molecule has 0 radical (unpaired) electrons. The zero-order chi connectivity index (χ0) is 32.9. The molecule has 1 aliphatic heterocycles. The molecule has 0 amide bonds. The van der Waals surface area contributed by atoms with Crippen molar-refractivity contribution in [3.63, 3.8) is 0 Å². The quantitative estimate of drug-likeness (QED) is 0.156. The predicted molar refractivity (Wildman–Crippen MR) is 166 cm³/mol. The van der Waals surface area contributed by atoms with E-state index in [0.717, 1.165) is 48.3 Å². The van der Waals surface area contributed by atoms with Gasteiger partial charge in [0.25, 0.3) is 0 Å². The van der Waals surface area contributed by atoms with Gasteiger partial charge in [0.05, 0.1) is 12.7 Å². The third-order valence-corrected chi connectivity index (χ3v) is 14.7. The van der Waals surface area contributed by atoms with Gasteiger partial charge in [-0.05, 0) is 122 Å². The van der Waals surface area contributed by atoms with Crippen molar-refractivity contribution in [1.82, 2.24) is 0 Å². The van der Waals surface area contributed by atoms with Crippen LogP contribution in [-0.2, 0) is 23.1 Å². The van der Waals surface area contributed by atoms with E-state index in [4.69, 9.17) is 13.8 Å². The number of rotatable bonds is 12. The van der Waals surface area contributed by atoms with Crippen LogP contribution in [0.3, 0.4) is 0 Å². The topological polar surface area (TPSA) is 148 Å². The molecule has 0 saturated heterocycles. The maximum absolute atomic E-state index is 12.9. The van der Waals surface area contributed by atoms with E-state index >= 15 is 0 Å². The molecule has 5 aliphatic rings. The van der Waals surface area contributed by atoms with Gasteiger partial charge in [-0.1, -0.05) is 54.4 Å². The summed E-state index contributed by atoms with van der Waals surface area (Å²) >= 11 is 0. The third kappa shape index (κ3) is 8.42. The summed E-state index contributed by atoms with van der Waals surface area (Å²) in [6.07, 6.45) is 9.52. The smallest absolute Gasteiger partial charge is 0.865 e. The van der Waals surface area contributed by atoms with E-state index in [2.05, 4.69) is 41.5 Å². The molecule has 5 rings (SSSR count). The van der Waals surface area contributed by atoms with Gasteiger partial charge in [-0.25, -0.2) is 4.79 Å². The Morgan fingerprint density at radius 2 is 1.66 bits per heavy atom. The Balaban J connectivity index is 0.00000300. The fourth-order valence-corrected chi connectivity index (χ4v) is 12.2. The standard InChI is InChI=1S/C35H59O9P.2Na/c1-7-22(20(2)3)9-8-21(4)26-12-13-27-25-11-10-23-18-24(14-16-34(23,5)28(25)15-17-35(26,27)6)43-45(40,41)44-32-30(38)33(39)42-31(32)29(37)19-36;;/h20-29,31,36-38H,7-19H2,1-6H3,(H,40,41);;/q;2*+1/p-2/t21-,22-,23+,24+,25+,26-,27+,28+,29+,31-,34+,35-;;/m1../s1. The second-order valence-corrected chi connectivity index (χ2v) is 17.4. The number of carbonyl (C=O) groups excluding carboxylic acids is 1. The van der Waals surface area contributed by atoms with E-state index in [9.17, 15) is 29.6 Å². The molecule has 9 nitrogen and oxygen atoms in total. The molecule has 0 spiro atoms. The Hall–Kier alpha value is 0.880. The van der Waals surface area contributed by atoms with Crippen molar-refractivity contribution >= 4 is 13.8 Å². The Labute approximate surface area is 326 Å². The van der Waals surface area contributed by atoms with Gasteiger partial charge in [0.15, 0.2) is 6.10 Å². The van der Waals surface area contributed by atoms with Crippen LogP contribution in [0.5, 0.6) is 0 Å². The molecule has 4 aliphatic carbocycles. The van der Waals surface area contributed by atoms with Gasteiger partial charge in [-0.15, -0.1) is 0 Å². The van der Waals surface area contributed by atoms with Gasteiger partial charge in [-0.2, -0.15) is 0 Å². The summed E-state index contributed by atoms with van der Waals surface area (Å²) in [5, 5.41) is 31.3. The van der Waals surface area contributed by atoms with Crippen LogP contribution in [0.1, 0.15) is 119 Å². The summed E-state index contributed by atoms with van der Waals surface area (Å²) in [7, 11) is -5.05. The summed E-state index contributed by atoms with van der Waals surface area (Å²) in [4.78, 5) is 24.6. The monoisotopic (exact) mass is 698 g/mol. The van der Waals surface area contributed by atoms with E-state index in [1.54, 1.807) is 0 Å². The number of cyclic esters (lactones) is 1. The zero-order valence-electron chi connectivity index (χ0n) is 30.2. The van der Waals surface area contributed by atoms with Crippen LogP contribution in [0.25, 0.3) is 0 Å². The van der Waals surface area contributed by atoms with Crippen molar-refractivity contribution in [2.24, 2.45) is 58.2 Å². The molecular formula is C35H57Na2O9P. The average Bonchev–Trinajstić information content (AvgIpc) is 3.48. The van der Waals surface area contributed by atoms with Gasteiger partial charge < -0.3 is 34.0 Å². The number of esters is 1. The first-order valence-corrected chi connectivity index (χ1v) is 19.2. The minimum atomic E-state index is -5.05. The van der Waals surface area contributed by atoms with Crippen LogP contribution in [0, 0.1) is 58.2 Å². The van der Waals surface area contributed by atoms with Crippen LogP contribution < -0.4 is 69.1 Å². The fraction of sp³-hybridized carbons (Fsp3) is 0.914. The number of ether oxygens (including phenoxy) is 1. The van der Waals surface area contributed by atoms with Crippen molar-refractivity contribution in [3.05, 3.63) is 11.5 Å². The minimum Gasteiger partial charge on any atom is -0.865 e. The van der Waals surface area contributed by atoms with E-state index in [-0.39, 0.29) is 64.5 Å². The van der Waals surface area contributed by atoms with Crippen molar-refractivity contribution in [2.75, 3.05) is 6.61 Å². The first kappa shape index (κ1) is 42.3. The van der Waals surface area contributed by atoms with Crippen molar-refractivity contribution in [1.29, 1.82) is 0 Å². The van der Waals surface area contributed by atoms with E-state index in [0.29, 0.717) is 30.1 Å². The summed E-state index contributed by atoms with van der Waals surface area (Å²) in [5.74, 6) is 2.12. The first-order valence-electron chi connectivity index (χ1n) is 17.7. The number of phosphoric acid groups is 1. The van der Waals surface area contributed by atoms with Gasteiger partial charge in [0.2, 0.25) is 0 Å². The molecule has 4 saturated carbocycles. The third-order valence-electron chi connectivity index (χ3n) is 13.8. The zero-order valence-corrected chi connectivity index (χ0v) is 35.1. The number of aliphatic hydroxyl groups is 2. The first-order chi connectivity index (χ1) is 21.1. The molecule has 12 heteroatoms. The van der Waals surface area contributed by atoms with E-state index in [1.807, 2.05) is 0 Å². The number of carbonyl (C=O) groups is 1. The van der Waals surface area contributed by atoms with Crippen molar-refractivity contribution in [2.45, 2.75) is 137 Å². The minimum absolute atomic E-state index is 0. The predicted octanol–water partition coefficient (Wildman–Crippen LogP) is -0.527. The second kappa shape index (κ2) is 16.7. The summed E-state index contributed by atoms with van der Waals surface area (Å²) in [5.41, 5.74) is 0.554. The molecule has 13 atom stereocenters. The fourth-order valence-electron chi connectivity index (χ4n) is 11.2. The molecule has 0 aromatic rings. The van der Waals surface area contributed by atoms with Crippen LogP contribution in [0.4, 0.5) is 0 Å². The molecule has 1 unspecified atom stereocenters. The van der Waals surface area contributed by atoms with Crippen LogP contribution in [0.2, 0.25) is 0 Å². The Kier molecular flexibility index (Phi) is 15.0. The van der Waals surface area contributed by atoms with Crippen LogP contribution >= 0.6 is 7.82 Å². The molecule has 1 heterocycles. The van der Waals surface area contributed by atoms with Crippen molar-refractivity contribution < 1.29 is 102 Å². The van der Waals surface area contributed by atoms with Crippen molar-refractivity contribution in [3.8, 4) is 0 Å². The Morgan fingerprint density at radius 1 is 1.00 bits per heavy atom. The molecule has 4 fully saturated rings. The van der Waals surface area contributed by atoms with Gasteiger partial charge in [0, 0.05) is 5.76 Å². The van der Waals surface area contributed by atoms with E-state index < -0.39 is 50.2 Å². The number of aliphatic hydroxyl groups excluding tert-OH is 2.